The van der Waals surface area contributed by atoms with Gasteiger partial charge in [-0.1, -0.05) is 17.7 Å². The molecule has 1 heterocycles. The van der Waals surface area contributed by atoms with Crippen LogP contribution in [-0.2, 0) is 4.79 Å². The molecule has 0 spiro atoms. The Labute approximate surface area is 141 Å². The van der Waals surface area contributed by atoms with E-state index in [0.717, 1.165) is 11.3 Å². The van der Waals surface area contributed by atoms with Gasteiger partial charge in [-0.15, -0.1) is 0 Å². The molecule has 2 rings (SSSR count). The van der Waals surface area contributed by atoms with E-state index in [4.69, 9.17) is 9.15 Å². The third kappa shape index (κ3) is 5.15. The van der Waals surface area contributed by atoms with Crippen LogP contribution in [0.4, 0.5) is 0 Å². The second kappa shape index (κ2) is 8.19. The monoisotopic (exact) mass is 330 g/mol. The van der Waals surface area contributed by atoms with Crippen molar-refractivity contribution in [1.29, 1.82) is 0 Å². The van der Waals surface area contributed by atoms with Crippen molar-refractivity contribution in [2.45, 2.75) is 32.9 Å². The summed E-state index contributed by atoms with van der Waals surface area (Å²) >= 11 is 0. The summed E-state index contributed by atoms with van der Waals surface area (Å²) in [5.74, 6) is 0.130. The van der Waals surface area contributed by atoms with E-state index >= 15 is 0 Å². The lowest BCUT2D eigenvalue weighted by Gasteiger charge is -2.18. The van der Waals surface area contributed by atoms with E-state index in [2.05, 4.69) is 10.6 Å². The second-order valence-electron chi connectivity index (χ2n) is 5.69. The highest BCUT2D eigenvalue weighted by atomic mass is 16.5. The van der Waals surface area contributed by atoms with E-state index in [1.54, 1.807) is 6.92 Å². The quantitative estimate of drug-likeness (QED) is 0.816. The number of carbonyl (C=O) groups excluding carboxylic acids is 2. The average Bonchev–Trinajstić information content (AvgIpc) is 3.09. The molecule has 0 aliphatic heterocycles. The first-order valence-corrected chi connectivity index (χ1v) is 7.80. The zero-order chi connectivity index (χ0) is 17.5. The van der Waals surface area contributed by atoms with Gasteiger partial charge >= 0.3 is 0 Å². The third-order valence-corrected chi connectivity index (χ3v) is 3.45. The molecule has 0 aliphatic rings. The number of hydrogen-bond acceptors (Lipinski definition) is 4. The predicted molar refractivity (Wildman–Crippen MR) is 89.9 cm³/mol. The van der Waals surface area contributed by atoms with Gasteiger partial charge in [-0.3, -0.25) is 9.59 Å². The van der Waals surface area contributed by atoms with Crippen LogP contribution < -0.4 is 15.4 Å². The first-order valence-electron chi connectivity index (χ1n) is 7.80. The van der Waals surface area contributed by atoms with Crippen molar-refractivity contribution < 1.29 is 18.7 Å². The van der Waals surface area contributed by atoms with Crippen LogP contribution in [0.2, 0.25) is 0 Å². The van der Waals surface area contributed by atoms with E-state index in [1.807, 2.05) is 38.1 Å². The summed E-state index contributed by atoms with van der Waals surface area (Å²) in [4.78, 5) is 23.9. The van der Waals surface area contributed by atoms with Crippen molar-refractivity contribution in [3.8, 4) is 5.75 Å². The SMILES string of the molecule is Cc1ccc(O[C@@H](C)CNC(=O)[C@@H](C)NC(=O)c2ccoc2)cc1. The fraction of sp³-hybridized carbons (Fsp3) is 0.333. The Morgan fingerprint density at radius 2 is 1.88 bits per heavy atom. The summed E-state index contributed by atoms with van der Waals surface area (Å²) in [5, 5.41) is 5.37. The minimum absolute atomic E-state index is 0.187. The van der Waals surface area contributed by atoms with E-state index in [9.17, 15) is 9.59 Å². The lowest BCUT2D eigenvalue weighted by atomic mass is 10.2. The molecule has 0 aliphatic carbocycles. The molecule has 2 atom stereocenters. The maximum Gasteiger partial charge on any atom is 0.255 e. The van der Waals surface area contributed by atoms with E-state index in [1.165, 1.54) is 18.6 Å². The van der Waals surface area contributed by atoms with Gasteiger partial charge in [0, 0.05) is 0 Å². The zero-order valence-electron chi connectivity index (χ0n) is 14.0. The van der Waals surface area contributed by atoms with E-state index in [0.29, 0.717) is 12.1 Å². The van der Waals surface area contributed by atoms with Crippen LogP contribution in [0.25, 0.3) is 0 Å². The molecule has 128 valence electrons. The Morgan fingerprint density at radius 3 is 2.50 bits per heavy atom. The zero-order valence-corrected chi connectivity index (χ0v) is 14.0. The smallest absolute Gasteiger partial charge is 0.255 e. The fourth-order valence-electron chi connectivity index (χ4n) is 2.03. The second-order valence-corrected chi connectivity index (χ2v) is 5.69. The van der Waals surface area contributed by atoms with Gasteiger partial charge in [-0.05, 0) is 39.0 Å². The molecule has 6 nitrogen and oxygen atoms in total. The number of amides is 2. The molecule has 0 radical (unpaired) electrons. The van der Waals surface area contributed by atoms with Crippen LogP contribution in [0.3, 0.4) is 0 Å². The predicted octanol–water partition coefficient (Wildman–Crippen LogP) is 2.29. The van der Waals surface area contributed by atoms with Crippen molar-refractivity contribution in [3.63, 3.8) is 0 Å². The maximum atomic E-state index is 12.0. The highest BCUT2D eigenvalue weighted by Gasteiger charge is 2.17. The van der Waals surface area contributed by atoms with Gasteiger partial charge in [0.25, 0.3) is 5.91 Å². The number of ether oxygens (including phenoxy) is 1. The minimum atomic E-state index is -0.654. The summed E-state index contributed by atoms with van der Waals surface area (Å²) in [5.41, 5.74) is 1.54. The molecule has 2 N–H and O–H groups in total. The van der Waals surface area contributed by atoms with Crippen molar-refractivity contribution in [2.75, 3.05) is 6.54 Å². The molecule has 2 amide bonds. The standard InChI is InChI=1S/C18H22N2O4/c1-12-4-6-16(7-5-12)24-13(2)10-19-17(21)14(3)20-18(22)15-8-9-23-11-15/h4-9,11,13-14H,10H2,1-3H3,(H,19,21)(H,20,22)/t13-,14+/m0/s1. The number of hydrogen-bond donors (Lipinski definition) is 2. The number of nitrogens with one attached hydrogen (secondary N) is 2. The Kier molecular flexibility index (Phi) is 6.01. The fourth-order valence-corrected chi connectivity index (χ4v) is 2.03. The summed E-state index contributed by atoms with van der Waals surface area (Å²) in [6.45, 7) is 5.85. The summed E-state index contributed by atoms with van der Waals surface area (Å²) < 4.78 is 10.6. The largest absolute Gasteiger partial charge is 0.489 e. The summed E-state index contributed by atoms with van der Waals surface area (Å²) in [6, 6.07) is 8.60. The molecule has 6 heteroatoms. The molecule has 1 aromatic heterocycles. The Bertz CT molecular complexity index is 665. The van der Waals surface area contributed by atoms with Gasteiger partial charge in [0.15, 0.2) is 0 Å². The molecule has 2 aromatic rings. The minimum Gasteiger partial charge on any atom is -0.489 e. The highest BCUT2D eigenvalue weighted by molar-refractivity contribution is 5.97. The normalized spacial score (nSPS) is 13.0. The molecule has 0 saturated heterocycles. The van der Waals surface area contributed by atoms with Crippen LogP contribution in [-0.4, -0.2) is 30.5 Å². The topological polar surface area (TPSA) is 80.6 Å². The Morgan fingerprint density at radius 1 is 1.17 bits per heavy atom. The molecule has 0 fully saturated rings. The first-order chi connectivity index (χ1) is 11.5. The van der Waals surface area contributed by atoms with Gasteiger partial charge < -0.3 is 19.8 Å². The van der Waals surface area contributed by atoms with Crippen LogP contribution in [0, 0.1) is 6.92 Å². The first kappa shape index (κ1) is 17.6. The van der Waals surface area contributed by atoms with Crippen molar-refractivity contribution >= 4 is 11.8 Å². The van der Waals surface area contributed by atoms with Crippen LogP contribution in [0.1, 0.15) is 29.8 Å². The van der Waals surface area contributed by atoms with Crippen molar-refractivity contribution in [2.24, 2.45) is 0 Å². The summed E-state index contributed by atoms with van der Waals surface area (Å²) in [6.07, 6.45) is 2.55. The summed E-state index contributed by atoms with van der Waals surface area (Å²) in [7, 11) is 0. The molecule has 0 bridgehead atoms. The van der Waals surface area contributed by atoms with Crippen molar-refractivity contribution in [3.05, 3.63) is 54.0 Å². The Hall–Kier alpha value is -2.76. The number of aryl methyl sites for hydroxylation is 1. The maximum absolute atomic E-state index is 12.0. The van der Waals surface area contributed by atoms with E-state index in [-0.39, 0.29) is 17.9 Å². The van der Waals surface area contributed by atoms with Crippen LogP contribution in [0.5, 0.6) is 5.75 Å². The Balaban J connectivity index is 1.75. The van der Waals surface area contributed by atoms with Crippen LogP contribution >= 0.6 is 0 Å². The van der Waals surface area contributed by atoms with Gasteiger partial charge in [-0.2, -0.15) is 0 Å². The van der Waals surface area contributed by atoms with Crippen LogP contribution in [0.15, 0.2) is 47.3 Å². The number of benzene rings is 1. The molecule has 24 heavy (non-hydrogen) atoms. The molecular formula is C18H22N2O4. The molecule has 0 saturated carbocycles. The molecular weight excluding hydrogens is 308 g/mol. The lowest BCUT2D eigenvalue weighted by Crippen LogP contribution is -2.46. The van der Waals surface area contributed by atoms with Gasteiger partial charge in [0.2, 0.25) is 5.91 Å². The van der Waals surface area contributed by atoms with Gasteiger partial charge in [-0.25, -0.2) is 0 Å². The lowest BCUT2D eigenvalue weighted by molar-refractivity contribution is -0.122. The third-order valence-electron chi connectivity index (χ3n) is 3.45. The van der Waals surface area contributed by atoms with Gasteiger partial charge in [0.1, 0.15) is 24.2 Å². The number of carbonyl (C=O) groups is 2. The van der Waals surface area contributed by atoms with Crippen molar-refractivity contribution in [1.82, 2.24) is 10.6 Å². The molecule has 0 unspecified atom stereocenters. The number of rotatable bonds is 7. The van der Waals surface area contributed by atoms with E-state index < -0.39 is 6.04 Å². The highest BCUT2D eigenvalue weighted by Crippen LogP contribution is 2.13. The average molecular weight is 330 g/mol. The molecule has 1 aromatic carbocycles. The number of furan rings is 1. The van der Waals surface area contributed by atoms with Gasteiger partial charge in [0.05, 0.1) is 18.4 Å².